The Morgan fingerprint density at radius 1 is 0.815 bits per heavy atom. The van der Waals surface area contributed by atoms with Crippen molar-refractivity contribution in [1.29, 1.82) is 0 Å². The minimum Gasteiger partial charge on any atom is -0.342 e. The molecule has 27 heavy (non-hydrogen) atoms. The van der Waals surface area contributed by atoms with Gasteiger partial charge in [-0.1, -0.05) is 31.0 Å². The summed E-state index contributed by atoms with van der Waals surface area (Å²) in [4.78, 5) is 14.8. The van der Waals surface area contributed by atoms with Gasteiger partial charge in [0, 0.05) is 24.6 Å². The van der Waals surface area contributed by atoms with Gasteiger partial charge in [0.25, 0.3) is 0 Å². The summed E-state index contributed by atoms with van der Waals surface area (Å²) in [5.41, 5.74) is 0.120. The zero-order valence-electron chi connectivity index (χ0n) is 15.1. The lowest BCUT2D eigenvalue weighted by molar-refractivity contribution is -0.132. The van der Waals surface area contributed by atoms with Crippen LogP contribution >= 0.6 is 0 Å². The molecule has 1 heterocycles. The SMILES string of the molecule is O=C(C1CC1c1cccc(F)c1-c1c(F)cccc1F)N1CCCCCC1. The van der Waals surface area contributed by atoms with Gasteiger partial charge in [-0.25, -0.2) is 13.2 Å². The third-order valence-electron chi connectivity index (χ3n) is 5.68. The Morgan fingerprint density at radius 2 is 1.37 bits per heavy atom. The van der Waals surface area contributed by atoms with E-state index in [2.05, 4.69) is 0 Å². The molecule has 0 bridgehead atoms. The highest BCUT2D eigenvalue weighted by Gasteiger charge is 2.47. The van der Waals surface area contributed by atoms with Crippen molar-refractivity contribution in [2.24, 2.45) is 5.92 Å². The highest BCUT2D eigenvalue weighted by atomic mass is 19.1. The number of nitrogens with zero attached hydrogens (tertiary/aromatic N) is 1. The van der Waals surface area contributed by atoms with E-state index in [0.717, 1.165) is 50.9 Å². The van der Waals surface area contributed by atoms with Gasteiger partial charge >= 0.3 is 0 Å². The van der Waals surface area contributed by atoms with Crippen molar-refractivity contribution in [2.45, 2.75) is 38.0 Å². The van der Waals surface area contributed by atoms with Crippen LogP contribution in [0, 0.1) is 23.4 Å². The molecule has 142 valence electrons. The molecular weight excluding hydrogens is 351 g/mol. The van der Waals surface area contributed by atoms with Crippen molar-refractivity contribution >= 4 is 5.91 Å². The first kappa shape index (κ1) is 18.1. The highest BCUT2D eigenvalue weighted by Crippen LogP contribution is 2.52. The van der Waals surface area contributed by atoms with Crippen LogP contribution in [0.5, 0.6) is 0 Å². The van der Waals surface area contributed by atoms with Crippen molar-refractivity contribution in [1.82, 2.24) is 4.90 Å². The summed E-state index contributed by atoms with van der Waals surface area (Å²) in [6, 6.07) is 7.95. The van der Waals surface area contributed by atoms with Crippen molar-refractivity contribution in [2.75, 3.05) is 13.1 Å². The van der Waals surface area contributed by atoms with Gasteiger partial charge in [-0.2, -0.15) is 0 Å². The topological polar surface area (TPSA) is 20.3 Å². The molecule has 2 atom stereocenters. The van der Waals surface area contributed by atoms with Gasteiger partial charge in [0.1, 0.15) is 17.5 Å². The monoisotopic (exact) mass is 373 g/mol. The van der Waals surface area contributed by atoms with Crippen LogP contribution < -0.4 is 0 Å². The first-order chi connectivity index (χ1) is 13.1. The lowest BCUT2D eigenvalue weighted by Crippen LogP contribution is -2.33. The Morgan fingerprint density at radius 3 is 2.00 bits per heavy atom. The molecule has 2 aromatic carbocycles. The van der Waals surface area contributed by atoms with Crippen molar-refractivity contribution in [3.8, 4) is 11.1 Å². The fraction of sp³-hybridized carbons (Fsp3) is 0.409. The second-order valence-electron chi connectivity index (χ2n) is 7.49. The number of rotatable bonds is 3. The van der Waals surface area contributed by atoms with E-state index in [1.54, 1.807) is 12.1 Å². The summed E-state index contributed by atoms with van der Waals surface area (Å²) in [6.07, 6.45) is 4.89. The summed E-state index contributed by atoms with van der Waals surface area (Å²) in [5.74, 6) is -2.57. The number of likely N-dealkylation sites (tertiary alicyclic amines) is 1. The summed E-state index contributed by atoms with van der Waals surface area (Å²) < 4.78 is 43.2. The van der Waals surface area contributed by atoms with Crippen LogP contribution in [0.1, 0.15) is 43.6 Å². The molecule has 0 radical (unpaired) electrons. The summed E-state index contributed by atoms with van der Waals surface area (Å²) in [6.45, 7) is 1.53. The summed E-state index contributed by atoms with van der Waals surface area (Å²) in [7, 11) is 0. The maximum absolute atomic E-state index is 14.6. The number of benzene rings is 2. The number of carbonyl (C=O) groups excluding carboxylic acids is 1. The average molecular weight is 373 g/mol. The van der Waals surface area contributed by atoms with Gasteiger partial charge in [-0.05, 0) is 48.9 Å². The quantitative estimate of drug-likeness (QED) is 0.717. The molecule has 2 unspecified atom stereocenters. The van der Waals surface area contributed by atoms with Crippen molar-refractivity contribution < 1.29 is 18.0 Å². The van der Waals surface area contributed by atoms with Gasteiger partial charge in [0.2, 0.25) is 5.91 Å². The number of hydrogen-bond donors (Lipinski definition) is 0. The third kappa shape index (κ3) is 3.47. The van der Waals surface area contributed by atoms with Gasteiger partial charge in [0.05, 0.1) is 5.56 Å². The molecule has 2 aliphatic rings. The van der Waals surface area contributed by atoms with Gasteiger partial charge in [0.15, 0.2) is 0 Å². The molecule has 5 heteroatoms. The number of amides is 1. The summed E-state index contributed by atoms with van der Waals surface area (Å²) in [5, 5.41) is 0. The largest absolute Gasteiger partial charge is 0.342 e. The van der Waals surface area contributed by atoms with Crippen LogP contribution in [0.3, 0.4) is 0 Å². The van der Waals surface area contributed by atoms with E-state index in [1.807, 2.05) is 4.90 Å². The molecule has 4 rings (SSSR count). The smallest absolute Gasteiger partial charge is 0.226 e. The van der Waals surface area contributed by atoms with Crippen LogP contribution in [-0.2, 0) is 4.79 Å². The van der Waals surface area contributed by atoms with Crippen molar-refractivity contribution in [3.63, 3.8) is 0 Å². The van der Waals surface area contributed by atoms with E-state index in [4.69, 9.17) is 0 Å². The minimum atomic E-state index is -0.794. The first-order valence-corrected chi connectivity index (χ1v) is 9.59. The normalized spacial score (nSPS) is 22.4. The van der Waals surface area contributed by atoms with Crippen LogP contribution in [0.25, 0.3) is 11.1 Å². The second kappa shape index (κ2) is 7.37. The zero-order valence-corrected chi connectivity index (χ0v) is 15.1. The predicted molar refractivity (Wildman–Crippen MR) is 97.6 cm³/mol. The molecule has 1 aliphatic carbocycles. The molecule has 2 aromatic rings. The van der Waals surface area contributed by atoms with Gasteiger partial charge < -0.3 is 4.90 Å². The number of halogens is 3. The van der Waals surface area contributed by atoms with E-state index < -0.39 is 17.5 Å². The maximum Gasteiger partial charge on any atom is 0.226 e. The molecule has 0 aromatic heterocycles. The van der Waals surface area contributed by atoms with Crippen LogP contribution in [0.15, 0.2) is 36.4 Å². The first-order valence-electron chi connectivity index (χ1n) is 9.59. The molecule has 2 fully saturated rings. The Hall–Kier alpha value is -2.30. The number of hydrogen-bond acceptors (Lipinski definition) is 1. The van der Waals surface area contributed by atoms with Gasteiger partial charge in [-0.15, -0.1) is 0 Å². The Balaban J connectivity index is 1.64. The lowest BCUT2D eigenvalue weighted by Gasteiger charge is -2.20. The Labute approximate surface area is 157 Å². The fourth-order valence-electron chi connectivity index (χ4n) is 4.19. The molecule has 1 saturated heterocycles. The van der Waals surface area contributed by atoms with Crippen molar-refractivity contribution in [3.05, 3.63) is 59.4 Å². The van der Waals surface area contributed by atoms with E-state index in [0.29, 0.717) is 12.0 Å². The van der Waals surface area contributed by atoms with Crippen LogP contribution in [0.4, 0.5) is 13.2 Å². The molecule has 1 amide bonds. The van der Waals surface area contributed by atoms with Gasteiger partial charge in [-0.3, -0.25) is 4.79 Å². The van der Waals surface area contributed by atoms with Crippen LogP contribution in [0.2, 0.25) is 0 Å². The third-order valence-corrected chi connectivity index (χ3v) is 5.68. The lowest BCUT2D eigenvalue weighted by atomic mass is 9.94. The highest BCUT2D eigenvalue weighted by molar-refractivity contribution is 5.84. The van der Waals surface area contributed by atoms with Crippen LogP contribution in [-0.4, -0.2) is 23.9 Å². The standard InChI is InChI=1S/C22H22F3NO/c23-17-8-5-7-14(20(17)21-18(24)9-6-10-19(21)25)15-13-16(15)22(27)26-11-3-1-2-4-12-26/h5-10,15-16H,1-4,11-13H2. The average Bonchev–Trinajstić information content (AvgIpc) is 3.46. The molecule has 1 saturated carbocycles. The fourth-order valence-corrected chi connectivity index (χ4v) is 4.19. The molecule has 1 aliphatic heterocycles. The molecular formula is C22H22F3NO. The molecule has 2 nitrogen and oxygen atoms in total. The molecule has 0 spiro atoms. The van der Waals surface area contributed by atoms with E-state index in [-0.39, 0.29) is 28.9 Å². The van der Waals surface area contributed by atoms with E-state index in [9.17, 15) is 18.0 Å². The van der Waals surface area contributed by atoms with E-state index >= 15 is 0 Å². The summed E-state index contributed by atoms with van der Waals surface area (Å²) >= 11 is 0. The van der Waals surface area contributed by atoms with E-state index in [1.165, 1.54) is 12.1 Å². The zero-order chi connectivity index (χ0) is 19.0. The Kier molecular flexibility index (Phi) is 4.94. The maximum atomic E-state index is 14.6. The molecule has 0 N–H and O–H groups in total. The number of carbonyl (C=O) groups is 1. The Bertz CT molecular complexity index is 838. The minimum absolute atomic E-state index is 0.0516. The predicted octanol–water partition coefficient (Wildman–Crippen LogP) is 5.28. The second-order valence-corrected chi connectivity index (χ2v) is 7.49.